The number of amides is 2. The molecule has 0 saturated carbocycles. The van der Waals surface area contributed by atoms with Crippen molar-refractivity contribution in [2.45, 2.75) is 45.7 Å². The second kappa shape index (κ2) is 7.17. The molecule has 2 aromatic heterocycles. The normalized spacial score (nSPS) is 15.2. The van der Waals surface area contributed by atoms with Crippen molar-refractivity contribution in [3.8, 4) is 0 Å². The minimum atomic E-state index is -0.490. The number of carbonyl (C=O) groups is 2. The van der Waals surface area contributed by atoms with Crippen LogP contribution < -0.4 is 10.2 Å². The fraction of sp³-hybridized carbons (Fsp3) is 0.471. The summed E-state index contributed by atoms with van der Waals surface area (Å²) in [5.74, 6) is 0.612. The number of nitrogens with zero attached hydrogens (tertiary/aromatic N) is 3. The predicted octanol–water partition coefficient (Wildman–Crippen LogP) is 2.13. The summed E-state index contributed by atoms with van der Waals surface area (Å²) in [6.45, 7) is 4.99. The van der Waals surface area contributed by atoms with Gasteiger partial charge in [0.25, 0.3) is 0 Å². The molecular formula is C17H22N4O2S. The molecule has 0 spiro atoms. The third-order valence-corrected chi connectivity index (χ3v) is 5.12. The Morgan fingerprint density at radius 1 is 1.50 bits per heavy atom. The largest absolute Gasteiger partial charge is 0.354 e. The van der Waals surface area contributed by atoms with E-state index in [1.807, 2.05) is 36.0 Å². The lowest BCUT2D eigenvalue weighted by atomic mass is 10.1. The van der Waals surface area contributed by atoms with Crippen LogP contribution in [-0.4, -0.2) is 34.2 Å². The molecule has 1 aliphatic heterocycles. The van der Waals surface area contributed by atoms with E-state index in [2.05, 4.69) is 16.5 Å². The van der Waals surface area contributed by atoms with Gasteiger partial charge < -0.3 is 5.32 Å². The summed E-state index contributed by atoms with van der Waals surface area (Å²) in [7, 11) is 0. The third kappa shape index (κ3) is 3.36. The maximum atomic E-state index is 12.6. The average molecular weight is 346 g/mol. The van der Waals surface area contributed by atoms with Crippen molar-refractivity contribution in [2.75, 3.05) is 11.4 Å². The number of thiophene rings is 1. The Morgan fingerprint density at radius 3 is 3.04 bits per heavy atom. The van der Waals surface area contributed by atoms with Gasteiger partial charge in [0, 0.05) is 23.9 Å². The smallest absolute Gasteiger partial charge is 0.243 e. The molecule has 128 valence electrons. The summed E-state index contributed by atoms with van der Waals surface area (Å²) in [6, 6.07) is 5.45. The van der Waals surface area contributed by atoms with Crippen molar-refractivity contribution < 1.29 is 9.59 Å². The summed E-state index contributed by atoms with van der Waals surface area (Å²) in [5.41, 5.74) is 0.859. The number of aromatic nitrogens is 2. The number of anilines is 1. The van der Waals surface area contributed by atoms with Crippen LogP contribution in [0.1, 0.15) is 30.3 Å². The number of carbonyl (C=O) groups excluding carboxylic acids is 2. The van der Waals surface area contributed by atoms with E-state index in [9.17, 15) is 9.59 Å². The van der Waals surface area contributed by atoms with Gasteiger partial charge in [-0.3, -0.25) is 14.5 Å². The fourth-order valence-electron chi connectivity index (χ4n) is 3.04. The van der Waals surface area contributed by atoms with E-state index in [0.29, 0.717) is 25.9 Å². The molecule has 2 amide bonds. The van der Waals surface area contributed by atoms with Crippen LogP contribution in [-0.2, 0) is 22.6 Å². The Balaban J connectivity index is 1.70. The first-order valence-corrected chi connectivity index (χ1v) is 9.14. The van der Waals surface area contributed by atoms with Crippen molar-refractivity contribution >= 4 is 29.0 Å². The van der Waals surface area contributed by atoms with E-state index in [0.717, 1.165) is 17.9 Å². The summed E-state index contributed by atoms with van der Waals surface area (Å²) in [4.78, 5) is 27.9. The molecule has 1 unspecified atom stereocenters. The minimum absolute atomic E-state index is 0.0114. The quantitative estimate of drug-likeness (QED) is 0.871. The highest BCUT2D eigenvalue weighted by molar-refractivity contribution is 7.09. The lowest BCUT2D eigenvalue weighted by molar-refractivity contribution is -0.127. The maximum Gasteiger partial charge on any atom is 0.243 e. The molecule has 0 aromatic carbocycles. The third-order valence-electron chi connectivity index (χ3n) is 4.19. The highest BCUT2D eigenvalue weighted by atomic mass is 32.1. The van der Waals surface area contributed by atoms with Crippen molar-refractivity contribution in [1.82, 2.24) is 15.1 Å². The Kier molecular flexibility index (Phi) is 4.99. The number of hydrogen-bond acceptors (Lipinski definition) is 4. The zero-order valence-corrected chi connectivity index (χ0v) is 14.8. The monoisotopic (exact) mass is 346 g/mol. The van der Waals surface area contributed by atoms with Crippen molar-refractivity contribution in [3.05, 3.63) is 34.2 Å². The standard InChI is InChI=1S/C17H22N4O2S/c1-3-14(17(23)18-8-6-13-5-4-10-24-13)21-15-11-12(2)19-20(15)9-7-16(21)22/h4-5,10-11,14H,3,6-9H2,1-2H3,(H,18,23). The molecule has 0 aliphatic carbocycles. The van der Waals surface area contributed by atoms with Crippen LogP contribution in [0.3, 0.4) is 0 Å². The fourth-order valence-corrected chi connectivity index (χ4v) is 3.75. The molecule has 1 aliphatic rings. The van der Waals surface area contributed by atoms with Gasteiger partial charge in [0.15, 0.2) is 0 Å². The molecule has 0 radical (unpaired) electrons. The van der Waals surface area contributed by atoms with E-state index in [4.69, 9.17) is 0 Å². The van der Waals surface area contributed by atoms with Gasteiger partial charge in [-0.05, 0) is 31.2 Å². The van der Waals surface area contributed by atoms with Crippen LogP contribution in [0, 0.1) is 6.92 Å². The average Bonchev–Trinajstić information content (AvgIpc) is 3.19. The molecule has 1 N–H and O–H groups in total. The lowest BCUT2D eigenvalue weighted by Crippen LogP contribution is -2.52. The van der Waals surface area contributed by atoms with Crippen molar-refractivity contribution in [1.29, 1.82) is 0 Å². The van der Waals surface area contributed by atoms with Crippen LogP contribution in [0.2, 0.25) is 0 Å². The molecule has 0 fully saturated rings. The predicted molar refractivity (Wildman–Crippen MR) is 94.2 cm³/mol. The topological polar surface area (TPSA) is 67.2 Å². The van der Waals surface area contributed by atoms with Gasteiger partial charge >= 0.3 is 0 Å². The molecule has 0 saturated heterocycles. The highest BCUT2D eigenvalue weighted by Crippen LogP contribution is 2.26. The van der Waals surface area contributed by atoms with E-state index in [1.54, 1.807) is 16.2 Å². The van der Waals surface area contributed by atoms with E-state index in [-0.39, 0.29) is 11.8 Å². The molecular weight excluding hydrogens is 324 g/mol. The van der Waals surface area contributed by atoms with Crippen molar-refractivity contribution in [3.63, 3.8) is 0 Å². The van der Waals surface area contributed by atoms with Gasteiger partial charge in [-0.2, -0.15) is 5.10 Å². The Morgan fingerprint density at radius 2 is 2.33 bits per heavy atom. The van der Waals surface area contributed by atoms with E-state index in [1.165, 1.54) is 4.88 Å². The lowest BCUT2D eigenvalue weighted by Gasteiger charge is -2.33. The number of rotatable bonds is 6. The zero-order valence-electron chi connectivity index (χ0n) is 14.0. The van der Waals surface area contributed by atoms with Crippen LogP contribution in [0.25, 0.3) is 0 Å². The van der Waals surface area contributed by atoms with Crippen LogP contribution in [0.15, 0.2) is 23.6 Å². The first-order valence-electron chi connectivity index (χ1n) is 8.26. The molecule has 7 heteroatoms. The minimum Gasteiger partial charge on any atom is -0.354 e. The van der Waals surface area contributed by atoms with Crippen LogP contribution >= 0.6 is 11.3 Å². The van der Waals surface area contributed by atoms with Gasteiger partial charge in [-0.15, -0.1) is 11.3 Å². The second-order valence-electron chi connectivity index (χ2n) is 5.93. The Bertz CT molecular complexity index is 723. The van der Waals surface area contributed by atoms with E-state index >= 15 is 0 Å². The SMILES string of the molecule is CCC(C(=O)NCCc1cccs1)N1C(=O)CCn2nc(C)cc21. The number of fused-ring (bicyclic) bond motifs is 1. The number of nitrogens with one attached hydrogen (secondary N) is 1. The Labute approximate surface area is 145 Å². The molecule has 0 bridgehead atoms. The molecule has 3 rings (SSSR count). The van der Waals surface area contributed by atoms with Gasteiger partial charge in [-0.25, -0.2) is 4.68 Å². The molecule has 24 heavy (non-hydrogen) atoms. The van der Waals surface area contributed by atoms with E-state index < -0.39 is 6.04 Å². The highest BCUT2D eigenvalue weighted by Gasteiger charge is 2.34. The zero-order chi connectivity index (χ0) is 17.1. The summed E-state index contributed by atoms with van der Waals surface area (Å²) >= 11 is 1.68. The van der Waals surface area contributed by atoms with Gasteiger partial charge in [0.05, 0.1) is 12.2 Å². The van der Waals surface area contributed by atoms with Gasteiger partial charge in [0.1, 0.15) is 11.9 Å². The summed E-state index contributed by atoms with van der Waals surface area (Å²) < 4.78 is 1.82. The molecule has 3 heterocycles. The van der Waals surface area contributed by atoms with Crippen LogP contribution in [0.5, 0.6) is 0 Å². The molecule has 6 nitrogen and oxygen atoms in total. The number of hydrogen-bond donors (Lipinski definition) is 1. The summed E-state index contributed by atoms with van der Waals surface area (Å²) in [5, 5.41) is 9.40. The van der Waals surface area contributed by atoms with Gasteiger partial charge in [-0.1, -0.05) is 13.0 Å². The number of aryl methyl sites for hydroxylation is 2. The first-order chi connectivity index (χ1) is 11.6. The van der Waals surface area contributed by atoms with Crippen molar-refractivity contribution in [2.24, 2.45) is 0 Å². The van der Waals surface area contributed by atoms with Crippen LogP contribution in [0.4, 0.5) is 5.82 Å². The Hall–Kier alpha value is -2.15. The first kappa shape index (κ1) is 16.7. The second-order valence-corrected chi connectivity index (χ2v) is 6.96. The molecule has 1 atom stereocenters. The molecule has 2 aromatic rings. The summed E-state index contributed by atoms with van der Waals surface area (Å²) in [6.07, 6.45) is 1.76. The maximum absolute atomic E-state index is 12.6. The van der Waals surface area contributed by atoms with Gasteiger partial charge in [0.2, 0.25) is 11.8 Å².